The largest absolute Gasteiger partial charge is 0.461 e. The van der Waals surface area contributed by atoms with Crippen molar-refractivity contribution in [3.63, 3.8) is 0 Å². The molecule has 8 nitrogen and oxygen atoms in total. The van der Waals surface area contributed by atoms with Crippen molar-refractivity contribution in [3.8, 4) is 0 Å². The number of nitrogens with two attached hydrogens (primary N) is 1. The van der Waals surface area contributed by atoms with Gasteiger partial charge in [0.2, 0.25) is 0 Å². The predicted molar refractivity (Wildman–Crippen MR) is 173 cm³/mol. The van der Waals surface area contributed by atoms with E-state index in [4.69, 9.17) is 15.5 Å². The van der Waals surface area contributed by atoms with E-state index in [1.54, 1.807) is 0 Å². The van der Waals surface area contributed by atoms with Crippen LogP contribution in [0.2, 0.25) is 0 Å². The Bertz CT molecular complexity index is 1760. The van der Waals surface area contributed by atoms with Crippen molar-refractivity contribution in [1.82, 2.24) is 14.5 Å². The fraction of sp³-hybridized carbons (Fsp3) is 0.294. The van der Waals surface area contributed by atoms with Crippen molar-refractivity contribution in [2.45, 2.75) is 31.7 Å². The number of carbonyl (C=O) groups excluding carboxylic acids is 1. The summed E-state index contributed by atoms with van der Waals surface area (Å²) in [5, 5.41) is 2.91. The van der Waals surface area contributed by atoms with E-state index in [1.807, 2.05) is 83.4 Å². The van der Waals surface area contributed by atoms with E-state index in [2.05, 4.69) is 22.7 Å². The van der Waals surface area contributed by atoms with Gasteiger partial charge in [-0.2, -0.15) is 0 Å². The number of carbonyl (C=O) groups is 1. The number of hydrogen-bond acceptors (Lipinski definition) is 6. The van der Waals surface area contributed by atoms with Gasteiger partial charge in [-0.15, -0.1) is 0 Å². The van der Waals surface area contributed by atoms with Crippen LogP contribution in [0, 0.1) is 5.92 Å². The van der Waals surface area contributed by atoms with Gasteiger partial charge in [0.25, 0.3) is 0 Å². The molecule has 0 unspecified atom stereocenters. The molecule has 1 atom stereocenters. The zero-order chi connectivity index (χ0) is 29.8. The topological polar surface area (TPSA) is 102 Å². The number of aromatic nitrogens is 2. The summed E-state index contributed by atoms with van der Waals surface area (Å²) in [5.74, 6) is 0.404. The first-order chi connectivity index (χ1) is 21.0. The number of hydrogen-bond donors (Lipinski definition) is 2. The second kappa shape index (κ2) is 13.1. The molecule has 0 amide bonds. The normalized spacial score (nSPS) is 15.1. The molecular weight excluding hydrogens is 558 g/mol. The maximum absolute atomic E-state index is 13.6. The Hall–Kier alpha value is -4.05. The molecule has 1 aliphatic heterocycles. The molecule has 3 aromatic carbocycles. The fourth-order valence-electron chi connectivity index (χ4n) is 5.75. The summed E-state index contributed by atoms with van der Waals surface area (Å²) in [7, 11) is 0.805. The highest BCUT2D eigenvalue weighted by Crippen LogP contribution is 2.29. The summed E-state index contributed by atoms with van der Waals surface area (Å²) in [6.45, 7) is 3.12. The zero-order valence-electron chi connectivity index (χ0n) is 24.4. The summed E-state index contributed by atoms with van der Waals surface area (Å²) in [6, 6.07) is 27.6. The van der Waals surface area contributed by atoms with Crippen LogP contribution in [0.4, 0.5) is 5.69 Å². The van der Waals surface area contributed by atoms with Crippen molar-refractivity contribution in [1.29, 1.82) is 0 Å². The first kappa shape index (κ1) is 29.0. The van der Waals surface area contributed by atoms with Crippen LogP contribution in [0.5, 0.6) is 0 Å². The Kier molecular flexibility index (Phi) is 8.83. The number of nitrogens with one attached hydrogen (secondary N) is 1. The van der Waals surface area contributed by atoms with Crippen LogP contribution in [-0.2, 0) is 34.6 Å². The summed E-state index contributed by atoms with van der Waals surface area (Å²) in [5.41, 5.74) is 10.6. The number of ether oxygens (including phenoxy) is 1. The lowest BCUT2D eigenvalue weighted by atomic mass is 9.98. The van der Waals surface area contributed by atoms with Crippen molar-refractivity contribution in [3.05, 3.63) is 107 Å². The predicted octanol–water partition coefficient (Wildman–Crippen LogP) is 5.47. The standard InChI is InChI=1S/C34H37N5O3S/c1-38-15-13-24(14-16-38)22-42-34(40)32-19-27-11-12-29(20-35)36-33(27)39(32)21-28-18-30(17-26-9-5-6-10-31(26)28)37-43(41)23-25-7-3-2-4-8-25/h2-12,17-19,24,37H,13-16,20-23,35H2,1H3/t43-/m0/s1. The molecule has 0 bridgehead atoms. The average molecular weight is 596 g/mol. The molecule has 3 N–H and O–H groups in total. The zero-order valence-corrected chi connectivity index (χ0v) is 25.2. The minimum Gasteiger partial charge on any atom is -0.461 e. The van der Waals surface area contributed by atoms with Gasteiger partial charge < -0.3 is 24.7 Å². The van der Waals surface area contributed by atoms with E-state index in [1.165, 1.54) is 0 Å². The number of anilines is 1. The summed E-state index contributed by atoms with van der Waals surface area (Å²) < 4.78 is 24.1. The molecule has 1 aliphatic rings. The maximum atomic E-state index is 13.6. The molecule has 3 heterocycles. The third-order valence-electron chi connectivity index (χ3n) is 8.16. The van der Waals surface area contributed by atoms with Gasteiger partial charge in [0, 0.05) is 17.6 Å². The van der Waals surface area contributed by atoms with Crippen molar-refractivity contribution in [2.24, 2.45) is 11.7 Å². The number of likely N-dealkylation sites (tertiary alicyclic amines) is 1. The van der Waals surface area contributed by atoms with Gasteiger partial charge in [-0.25, -0.2) is 14.0 Å². The van der Waals surface area contributed by atoms with E-state index in [0.29, 0.717) is 42.7 Å². The average Bonchev–Trinajstić information content (AvgIpc) is 3.38. The molecule has 1 fully saturated rings. The number of piperidine rings is 1. The lowest BCUT2D eigenvalue weighted by Crippen LogP contribution is -2.32. The molecule has 6 rings (SSSR count). The second-order valence-electron chi connectivity index (χ2n) is 11.3. The van der Waals surface area contributed by atoms with Crippen LogP contribution in [0.15, 0.2) is 84.9 Å². The summed E-state index contributed by atoms with van der Waals surface area (Å²) >= 11 is 0. The van der Waals surface area contributed by atoms with Crippen LogP contribution in [-0.4, -0.2) is 51.4 Å². The van der Waals surface area contributed by atoms with E-state index in [-0.39, 0.29) is 5.97 Å². The van der Waals surface area contributed by atoms with E-state index in [9.17, 15) is 9.00 Å². The third kappa shape index (κ3) is 6.80. The minimum absolute atomic E-state index is 0.298. The smallest absolute Gasteiger partial charge is 0.355 e. The van der Waals surface area contributed by atoms with Crippen molar-refractivity contribution < 1.29 is 13.7 Å². The molecule has 0 radical (unpaired) electrons. The monoisotopic (exact) mass is 595 g/mol. The number of pyridine rings is 1. The van der Waals surface area contributed by atoms with Crippen molar-refractivity contribution >= 4 is 44.4 Å². The number of benzene rings is 3. The lowest BCUT2D eigenvalue weighted by Gasteiger charge is -2.28. The summed E-state index contributed by atoms with van der Waals surface area (Å²) in [4.78, 5) is 20.7. The first-order valence-corrected chi connectivity index (χ1v) is 16.0. The van der Waals surface area contributed by atoms with Gasteiger partial charge in [0.05, 0.1) is 24.6 Å². The molecule has 1 saturated heterocycles. The number of nitrogens with zero attached hydrogens (tertiary/aromatic N) is 3. The highest BCUT2D eigenvalue weighted by molar-refractivity contribution is 7.85. The Morgan fingerprint density at radius 2 is 1.77 bits per heavy atom. The third-order valence-corrected chi connectivity index (χ3v) is 9.22. The highest BCUT2D eigenvalue weighted by Gasteiger charge is 2.23. The van der Waals surface area contributed by atoms with Gasteiger partial charge in [0.15, 0.2) is 0 Å². The van der Waals surface area contributed by atoms with Gasteiger partial charge in [-0.1, -0.05) is 54.6 Å². The van der Waals surface area contributed by atoms with E-state index < -0.39 is 11.0 Å². The van der Waals surface area contributed by atoms with Crippen LogP contribution in [0.25, 0.3) is 21.8 Å². The van der Waals surface area contributed by atoms with Crippen LogP contribution >= 0.6 is 0 Å². The van der Waals surface area contributed by atoms with E-state index in [0.717, 1.165) is 64.6 Å². The molecule has 43 heavy (non-hydrogen) atoms. The Morgan fingerprint density at radius 3 is 2.56 bits per heavy atom. The molecule has 0 saturated carbocycles. The SMILES string of the molecule is CN1CCC(COC(=O)c2cc3ccc(CN)nc3n2Cc2cc(N[S@@](=O)Cc3ccccc3)cc3ccccc23)CC1. The molecule has 5 aromatic rings. The van der Waals surface area contributed by atoms with Gasteiger partial charge >= 0.3 is 5.97 Å². The van der Waals surface area contributed by atoms with Gasteiger partial charge in [0.1, 0.15) is 22.3 Å². The molecular formula is C34H37N5O3S. The van der Waals surface area contributed by atoms with Crippen LogP contribution in [0.1, 0.15) is 40.2 Å². The lowest BCUT2D eigenvalue weighted by molar-refractivity contribution is 0.0373. The maximum Gasteiger partial charge on any atom is 0.355 e. The van der Waals surface area contributed by atoms with Crippen LogP contribution in [0.3, 0.4) is 0 Å². The number of esters is 1. The number of fused-ring (bicyclic) bond motifs is 2. The van der Waals surface area contributed by atoms with E-state index >= 15 is 0 Å². The molecule has 0 aliphatic carbocycles. The van der Waals surface area contributed by atoms with Crippen molar-refractivity contribution in [2.75, 3.05) is 31.5 Å². The quantitative estimate of drug-likeness (QED) is 0.208. The van der Waals surface area contributed by atoms with Gasteiger partial charge in [-0.05, 0) is 91.1 Å². The minimum atomic E-state index is -1.32. The molecule has 222 valence electrons. The molecule has 9 heteroatoms. The Morgan fingerprint density at radius 1 is 1.00 bits per heavy atom. The first-order valence-electron chi connectivity index (χ1n) is 14.7. The Labute approximate surface area is 254 Å². The molecule has 0 spiro atoms. The second-order valence-corrected chi connectivity index (χ2v) is 12.5. The summed E-state index contributed by atoms with van der Waals surface area (Å²) in [6.07, 6.45) is 2.04. The Balaban J connectivity index is 1.33. The van der Waals surface area contributed by atoms with Gasteiger partial charge in [-0.3, -0.25) is 0 Å². The fourth-order valence-corrected chi connectivity index (χ4v) is 6.70. The van der Waals surface area contributed by atoms with Crippen LogP contribution < -0.4 is 10.5 Å². The molecule has 2 aromatic heterocycles. The number of rotatable bonds is 10. The highest BCUT2D eigenvalue weighted by atomic mass is 32.2.